The van der Waals surface area contributed by atoms with Crippen molar-refractivity contribution in [2.45, 2.75) is 13.8 Å². The van der Waals surface area contributed by atoms with Gasteiger partial charge in [-0.05, 0) is 59.1 Å². The van der Waals surface area contributed by atoms with E-state index in [-0.39, 0.29) is 5.57 Å². The fraction of sp³-hybridized carbons (Fsp3) is 0.211. The van der Waals surface area contributed by atoms with Crippen LogP contribution in [0.1, 0.15) is 26.4 Å². The molecule has 2 aromatic rings. The molecule has 8 heteroatoms. The highest BCUT2D eigenvalue weighted by molar-refractivity contribution is 9.10. The molecule has 1 amide bonds. The van der Waals surface area contributed by atoms with Crippen molar-refractivity contribution in [2.24, 2.45) is 0 Å². The number of anilines is 1. The van der Waals surface area contributed by atoms with Crippen molar-refractivity contribution in [1.29, 1.82) is 5.26 Å². The number of esters is 1. The van der Waals surface area contributed by atoms with Crippen LogP contribution in [0.2, 0.25) is 0 Å². The third kappa shape index (κ3) is 4.56. The maximum absolute atomic E-state index is 12.6. The van der Waals surface area contributed by atoms with Crippen molar-refractivity contribution in [2.75, 3.05) is 19.5 Å². The Balaban J connectivity index is 2.34. The lowest BCUT2D eigenvalue weighted by Crippen LogP contribution is -2.15. The quantitative estimate of drug-likeness (QED) is 0.414. The number of benzene rings is 1. The number of ether oxygens (including phenoxy) is 2. The van der Waals surface area contributed by atoms with E-state index in [1.807, 2.05) is 13.0 Å². The molecule has 2 rings (SSSR count). The average Bonchev–Trinajstić information content (AvgIpc) is 2.92. The number of nitriles is 1. The lowest BCUT2D eigenvalue weighted by atomic mass is 10.1. The van der Waals surface area contributed by atoms with Crippen LogP contribution in [-0.2, 0) is 9.53 Å². The normalized spacial score (nSPS) is 10.9. The molecule has 1 aromatic heterocycles. The molecule has 0 aliphatic heterocycles. The Morgan fingerprint density at radius 3 is 2.56 bits per heavy atom. The molecular weight excluding hydrogens is 432 g/mol. The molecule has 0 spiro atoms. The summed E-state index contributed by atoms with van der Waals surface area (Å²) >= 11 is 4.63. The second-order valence-corrected chi connectivity index (χ2v) is 7.58. The van der Waals surface area contributed by atoms with Crippen LogP contribution in [0.5, 0.6) is 5.75 Å². The summed E-state index contributed by atoms with van der Waals surface area (Å²) in [4.78, 5) is 25.5. The van der Waals surface area contributed by atoms with Gasteiger partial charge in [-0.3, -0.25) is 4.79 Å². The molecule has 1 aromatic carbocycles. The summed E-state index contributed by atoms with van der Waals surface area (Å²) in [6.07, 6.45) is 1.46. The van der Waals surface area contributed by atoms with Gasteiger partial charge < -0.3 is 14.8 Å². The number of hydrogen-bond acceptors (Lipinski definition) is 6. The zero-order valence-corrected chi connectivity index (χ0v) is 17.6. The second-order valence-electron chi connectivity index (χ2n) is 5.50. The first-order valence-electron chi connectivity index (χ1n) is 7.77. The molecule has 0 fully saturated rings. The van der Waals surface area contributed by atoms with Crippen molar-refractivity contribution in [1.82, 2.24) is 0 Å². The minimum Gasteiger partial charge on any atom is -0.496 e. The fourth-order valence-corrected chi connectivity index (χ4v) is 3.92. The Morgan fingerprint density at radius 1 is 1.30 bits per heavy atom. The number of carbonyl (C=O) groups excluding carboxylic acids is 2. The summed E-state index contributed by atoms with van der Waals surface area (Å²) in [5.41, 5.74) is 1.61. The number of halogens is 1. The monoisotopic (exact) mass is 448 g/mol. The van der Waals surface area contributed by atoms with Crippen molar-refractivity contribution in [3.05, 3.63) is 49.8 Å². The Hall–Kier alpha value is -2.63. The number of amides is 1. The number of aryl methyl sites for hydroxylation is 1. The third-order valence-electron chi connectivity index (χ3n) is 3.85. The molecule has 0 radical (unpaired) electrons. The summed E-state index contributed by atoms with van der Waals surface area (Å²) in [5, 5.41) is 12.4. The van der Waals surface area contributed by atoms with Crippen LogP contribution in [0.3, 0.4) is 0 Å². The van der Waals surface area contributed by atoms with Crippen LogP contribution in [-0.4, -0.2) is 26.1 Å². The van der Waals surface area contributed by atoms with Gasteiger partial charge in [-0.2, -0.15) is 5.26 Å². The van der Waals surface area contributed by atoms with E-state index in [1.54, 1.807) is 32.2 Å². The van der Waals surface area contributed by atoms with E-state index in [1.165, 1.54) is 24.5 Å². The Kier molecular flexibility index (Phi) is 6.77. The number of thiophene rings is 1. The van der Waals surface area contributed by atoms with Gasteiger partial charge in [0.15, 0.2) is 0 Å². The SMILES string of the molecule is COC(=O)c1c(NC(=O)/C(C#N)=C/c2ccc(OC)c(Br)c2)sc(C)c1C. The standard InChI is InChI=1S/C19H17BrN2O4S/c1-10-11(2)27-18(16(10)19(24)26-4)22-17(23)13(9-21)7-12-5-6-15(25-3)14(20)8-12/h5-8H,1-4H3,(H,22,23)/b13-7+. The third-order valence-corrected chi connectivity index (χ3v) is 5.60. The molecule has 0 aliphatic rings. The maximum Gasteiger partial charge on any atom is 0.341 e. The van der Waals surface area contributed by atoms with Gasteiger partial charge in [0.2, 0.25) is 0 Å². The van der Waals surface area contributed by atoms with Crippen molar-refractivity contribution >= 4 is 50.2 Å². The number of nitrogens with one attached hydrogen (secondary N) is 1. The summed E-state index contributed by atoms with van der Waals surface area (Å²) in [6.45, 7) is 3.63. The van der Waals surface area contributed by atoms with Gasteiger partial charge in [0, 0.05) is 4.88 Å². The molecule has 0 unspecified atom stereocenters. The van der Waals surface area contributed by atoms with Gasteiger partial charge in [-0.25, -0.2) is 4.79 Å². The zero-order chi connectivity index (χ0) is 20.1. The summed E-state index contributed by atoms with van der Waals surface area (Å²) in [5.74, 6) is -0.494. The van der Waals surface area contributed by atoms with Gasteiger partial charge >= 0.3 is 5.97 Å². The van der Waals surface area contributed by atoms with Crippen LogP contribution in [0.4, 0.5) is 5.00 Å². The Bertz CT molecular complexity index is 973. The van der Waals surface area contributed by atoms with Gasteiger partial charge in [0.25, 0.3) is 5.91 Å². The van der Waals surface area contributed by atoms with Gasteiger partial charge in [-0.1, -0.05) is 6.07 Å². The van der Waals surface area contributed by atoms with E-state index in [2.05, 4.69) is 21.2 Å². The van der Waals surface area contributed by atoms with Gasteiger partial charge in [0.1, 0.15) is 22.4 Å². The molecule has 1 N–H and O–H groups in total. The molecule has 0 saturated carbocycles. The predicted octanol–water partition coefficient (Wildman–Crippen LogP) is 4.47. The minimum absolute atomic E-state index is 0.0911. The van der Waals surface area contributed by atoms with Crippen molar-refractivity contribution in [3.63, 3.8) is 0 Å². The highest BCUT2D eigenvalue weighted by Gasteiger charge is 2.22. The predicted molar refractivity (Wildman–Crippen MR) is 108 cm³/mol. The Labute approximate surface area is 169 Å². The number of carbonyl (C=O) groups is 2. The molecule has 0 saturated heterocycles. The van der Waals surface area contributed by atoms with E-state index in [9.17, 15) is 14.9 Å². The Morgan fingerprint density at radius 2 is 2.00 bits per heavy atom. The first-order valence-corrected chi connectivity index (χ1v) is 9.38. The largest absolute Gasteiger partial charge is 0.496 e. The van der Waals surface area contributed by atoms with Crippen LogP contribution < -0.4 is 10.1 Å². The van der Waals surface area contributed by atoms with Crippen LogP contribution in [0.25, 0.3) is 6.08 Å². The smallest absolute Gasteiger partial charge is 0.341 e. The van der Waals surface area contributed by atoms with Crippen LogP contribution in [0, 0.1) is 25.2 Å². The molecule has 1 heterocycles. The highest BCUT2D eigenvalue weighted by Crippen LogP contribution is 2.33. The van der Waals surface area contributed by atoms with Gasteiger partial charge in [0.05, 0.1) is 24.3 Å². The summed E-state index contributed by atoms with van der Waals surface area (Å²) in [6, 6.07) is 7.09. The van der Waals surface area contributed by atoms with Crippen LogP contribution in [0.15, 0.2) is 28.2 Å². The van der Waals surface area contributed by atoms with Crippen molar-refractivity contribution < 1.29 is 19.1 Å². The maximum atomic E-state index is 12.6. The topological polar surface area (TPSA) is 88.4 Å². The van der Waals surface area contributed by atoms with Crippen molar-refractivity contribution in [3.8, 4) is 11.8 Å². The average molecular weight is 449 g/mol. The number of nitrogens with zero attached hydrogens (tertiary/aromatic N) is 1. The van der Waals surface area contributed by atoms with E-state index >= 15 is 0 Å². The first-order chi connectivity index (χ1) is 12.8. The molecule has 140 valence electrons. The molecule has 0 atom stereocenters. The fourth-order valence-electron chi connectivity index (χ4n) is 2.32. The summed E-state index contributed by atoms with van der Waals surface area (Å²) < 4.78 is 10.7. The second kappa shape index (κ2) is 8.84. The van der Waals surface area contributed by atoms with E-state index in [0.29, 0.717) is 26.4 Å². The molecular formula is C19H17BrN2O4S. The molecule has 6 nitrogen and oxygen atoms in total. The zero-order valence-electron chi connectivity index (χ0n) is 15.2. The minimum atomic E-state index is -0.601. The lowest BCUT2D eigenvalue weighted by Gasteiger charge is -2.06. The number of hydrogen-bond donors (Lipinski definition) is 1. The van der Waals surface area contributed by atoms with E-state index in [4.69, 9.17) is 9.47 Å². The van der Waals surface area contributed by atoms with Gasteiger partial charge in [-0.15, -0.1) is 11.3 Å². The van der Waals surface area contributed by atoms with E-state index < -0.39 is 11.9 Å². The van der Waals surface area contributed by atoms with Crippen LogP contribution >= 0.6 is 27.3 Å². The highest BCUT2D eigenvalue weighted by atomic mass is 79.9. The molecule has 27 heavy (non-hydrogen) atoms. The first kappa shape index (κ1) is 20.7. The number of methoxy groups -OCH3 is 2. The van der Waals surface area contributed by atoms with E-state index in [0.717, 1.165) is 10.4 Å². The lowest BCUT2D eigenvalue weighted by molar-refractivity contribution is -0.112. The molecule has 0 aliphatic carbocycles. The molecule has 0 bridgehead atoms. The summed E-state index contributed by atoms with van der Waals surface area (Å²) in [7, 11) is 2.83. The number of rotatable bonds is 5.